The Morgan fingerprint density at radius 1 is 1.17 bits per heavy atom. The van der Waals surface area contributed by atoms with Gasteiger partial charge in [-0.2, -0.15) is 0 Å². The highest BCUT2D eigenvalue weighted by Crippen LogP contribution is 2.40. The number of piperidine rings is 1. The Kier molecular flexibility index (Phi) is 5.44. The minimum Gasteiger partial charge on any atom is -0.462 e. The SMILES string of the molecule is CC(C)n1cc(I)c(-c2ccc3c(c2)COC2(CCN(C4CCC4)CC2)O3)cc1=O. The first-order valence-corrected chi connectivity index (χ1v) is 12.1. The molecule has 0 bridgehead atoms. The second kappa shape index (κ2) is 7.95. The fourth-order valence-corrected chi connectivity index (χ4v) is 5.54. The normalized spacial score (nSPS) is 21.3. The first-order valence-electron chi connectivity index (χ1n) is 11.1. The molecule has 160 valence electrons. The molecule has 1 aromatic heterocycles. The molecule has 1 saturated carbocycles. The van der Waals surface area contributed by atoms with Crippen molar-refractivity contribution in [2.24, 2.45) is 0 Å². The standard InChI is InChI=1S/C24H29IN2O3/c1-16(2)27-14-21(25)20(13-23(27)28)17-6-7-22-18(12-17)15-29-24(30-22)8-10-26(11-9-24)19-4-3-5-19/h6-7,12-14,16,19H,3-5,8-11,15H2,1-2H3. The topological polar surface area (TPSA) is 43.7 Å². The summed E-state index contributed by atoms with van der Waals surface area (Å²) in [7, 11) is 0. The van der Waals surface area contributed by atoms with Crippen molar-refractivity contribution in [2.75, 3.05) is 13.1 Å². The van der Waals surface area contributed by atoms with Crippen LogP contribution in [-0.4, -0.2) is 34.4 Å². The van der Waals surface area contributed by atoms with Gasteiger partial charge >= 0.3 is 0 Å². The van der Waals surface area contributed by atoms with Crippen LogP contribution in [0.4, 0.5) is 0 Å². The summed E-state index contributed by atoms with van der Waals surface area (Å²) in [4.78, 5) is 15.1. The lowest BCUT2D eigenvalue weighted by atomic mass is 9.89. The van der Waals surface area contributed by atoms with Crippen LogP contribution >= 0.6 is 22.6 Å². The van der Waals surface area contributed by atoms with E-state index in [0.717, 1.165) is 58.0 Å². The van der Waals surface area contributed by atoms with Crippen LogP contribution < -0.4 is 10.3 Å². The van der Waals surface area contributed by atoms with Crippen molar-refractivity contribution in [3.8, 4) is 16.9 Å². The molecule has 1 aliphatic carbocycles. The number of fused-ring (bicyclic) bond motifs is 1. The molecule has 5 rings (SSSR count). The first-order chi connectivity index (χ1) is 14.4. The summed E-state index contributed by atoms with van der Waals surface area (Å²) in [6.45, 7) is 6.73. The molecule has 0 N–H and O–H groups in total. The molecule has 0 atom stereocenters. The van der Waals surface area contributed by atoms with Crippen LogP contribution in [0, 0.1) is 3.57 Å². The molecular weight excluding hydrogens is 491 g/mol. The summed E-state index contributed by atoms with van der Waals surface area (Å²) < 4.78 is 15.6. The molecule has 2 aliphatic heterocycles. The van der Waals surface area contributed by atoms with Gasteiger partial charge in [0, 0.05) is 65.0 Å². The Balaban J connectivity index is 1.35. The Labute approximate surface area is 191 Å². The zero-order chi connectivity index (χ0) is 20.9. The van der Waals surface area contributed by atoms with Gasteiger partial charge in [0.25, 0.3) is 5.56 Å². The van der Waals surface area contributed by atoms with Gasteiger partial charge in [-0.15, -0.1) is 0 Å². The lowest BCUT2D eigenvalue weighted by Gasteiger charge is -2.47. The lowest BCUT2D eigenvalue weighted by Crippen LogP contribution is -2.54. The smallest absolute Gasteiger partial charge is 0.251 e. The van der Waals surface area contributed by atoms with E-state index in [1.165, 1.54) is 19.3 Å². The van der Waals surface area contributed by atoms with E-state index in [4.69, 9.17) is 9.47 Å². The first kappa shape index (κ1) is 20.5. The van der Waals surface area contributed by atoms with Crippen molar-refractivity contribution in [3.05, 3.63) is 49.9 Å². The summed E-state index contributed by atoms with van der Waals surface area (Å²) >= 11 is 2.31. The quantitative estimate of drug-likeness (QED) is 0.538. The largest absolute Gasteiger partial charge is 0.462 e. The molecule has 6 heteroatoms. The van der Waals surface area contributed by atoms with E-state index >= 15 is 0 Å². The number of likely N-dealkylation sites (tertiary alicyclic amines) is 1. The number of hydrogen-bond acceptors (Lipinski definition) is 4. The summed E-state index contributed by atoms with van der Waals surface area (Å²) in [5, 5.41) is 0. The van der Waals surface area contributed by atoms with Gasteiger partial charge in [-0.3, -0.25) is 9.69 Å². The molecule has 2 fully saturated rings. The van der Waals surface area contributed by atoms with Gasteiger partial charge in [0.05, 0.1) is 6.61 Å². The fraction of sp³-hybridized carbons (Fsp3) is 0.542. The van der Waals surface area contributed by atoms with Crippen molar-refractivity contribution in [2.45, 2.75) is 70.4 Å². The molecule has 0 unspecified atom stereocenters. The third-order valence-electron chi connectivity index (χ3n) is 6.90. The van der Waals surface area contributed by atoms with E-state index in [2.05, 4.69) is 45.7 Å². The molecule has 0 amide bonds. The maximum absolute atomic E-state index is 12.5. The predicted octanol–water partition coefficient (Wildman–Crippen LogP) is 4.95. The number of hydrogen-bond donors (Lipinski definition) is 0. The number of pyridine rings is 1. The van der Waals surface area contributed by atoms with Crippen LogP contribution in [-0.2, 0) is 11.3 Å². The Morgan fingerprint density at radius 3 is 2.60 bits per heavy atom. The summed E-state index contributed by atoms with van der Waals surface area (Å²) in [6.07, 6.45) is 7.87. The maximum atomic E-state index is 12.5. The van der Waals surface area contributed by atoms with Gasteiger partial charge in [0.15, 0.2) is 0 Å². The molecule has 3 aliphatic rings. The predicted molar refractivity (Wildman–Crippen MR) is 126 cm³/mol. The van der Waals surface area contributed by atoms with Crippen molar-refractivity contribution in [3.63, 3.8) is 0 Å². The van der Waals surface area contributed by atoms with Crippen molar-refractivity contribution in [1.29, 1.82) is 0 Å². The second-order valence-corrected chi connectivity index (χ2v) is 10.3. The number of ether oxygens (including phenoxy) is 2. The average Bonchev–Trinajstić information content (AvgIpc) is 2.69. The minimum absolute atomic E-state index is 0.0304. The molecule has 1 spiro atoms. The number of halogens is 1. The number of rotatable bonds is 3. The average molecular weight is 520 g/mol. The van der Waals surface area contributed by atoms with Crippen LogP contribution in [0.25, 0.3) is 11.1 Å². The van der Waals surface area contributed by atoms with E-state index in [9.17, 15) is 4.79 Å². The third-order valence-corrected chi connectivity index (χ3v) is 7.76. The molecule has 3 heterocycles. The van der Waals surface area contributed by atoms with Gasteiger partial charge in [-0.1, -0.05) is 12.5 Å². The molecule has 2 aromatic rings. The Bertz CT molecular complexity index is 1000. The maximum Gasteiger partial charge on any atom is 0.251 e. The van der Waals surface area contributed by atoms with E-state index in [0.29, 0.717) is 6.61 Å². The van der Waals surface area contributed by atoms with Crippen LogP contribution in [0.1, 0.15) is 57.6 Å². The van der Waals surface area contributed by atoms with Crippen molar-refractivity contribution < 1.29 is 9.47 Å². The zero-order valence-electron chi connectivity index (χ0n) is 17.7. The Morgan fingerprint density at radius 2 is 1.93 bits per heavy atom. The number of nitrogens with zero attached hydrogens (tertiary/aromatic N) is 2. The second-order valence-electron chi connectivity index (χ2n) is 9.12. The van der Waals surface area contributed by atoms with Gasteiger partial charge in [-0.25, -0.2) is 0 Å². The van der Waals surface area contributed by atoms with Gasteiger partial charge in [0.2, 0.25) is 5.79 Å². The molecular formula is C24H29IN2O3. The summed E-state index contributed by atoms with van der Waals surface area (Å²) in [5.74, 6) is 0.452. The van der Waals surface area contributed by atoms with Crippen LogP contribution in [0.2, 0.25) is 0 Å². The molecule has 1 aromatic carbocycles. The Hall–Kier alpha value is -1.38. The fourth-order valence-electron chi connectivity index (χ4n) is 4.77. The van der Waals surface area contributed by atoms with Crippen LogP contribution in [0.15, 0.2) is 35.3 Å². The van der Waals surface area contributed by atoms with E-state index in [-0.39, 0.29) is 11.6 Å². The van der Waals surface area contributed by atoms with Crippen LogP contribution in [0.3, 0.4) is 0 Å². The van der Waals surface area contributed by atoms with Crippen molar-refractivity contribution in [1.82, 2.24) is 9.47 Å². The zero-order valence-corrected chi connectivity index (χ0v) is 19.9. The molecule has 30 heavy (non-hydrogen) atoms. The van der Waals surface area contributed by atoms with E-state index in [1.54, 1.807) is 10.6 Å². The van der Waals surface area contributed by atoms with E-state index in [1.807, 2.05) is 20.0 Å². The third kappa shape index (κ3) is 3.71. The van der Waals surface area contributed by atoms with Gasteiger partial charge in [-0.05, 0) is 67.0 Å². The molecule has 5 nitrogen and oxygen atoms in total. The highest BCUT2D eigenvalue weighted by molar-refractivity contribution is 14.1. The molecule has 0 radical (unpaired) electrons. The highest BCUT2D eigenvalue weighted by atomic mass is 127. The minimum atomic E-state index is -0.471. The molecule has 1 saturated heterocycles. The van der Waals surface area contributed by atoms with E-state index < -0.39 is 5.79 Å². The summed E-state index contributed by atoms with van der Waals surface area (Å²) in [5.41, 5.74) is 3.09. The lowest BCUT2D eigenvalue weighted by molar-refractivity contribution is -0.231. The monoisotopic (exact) mass is 520 g/mol. The number of aromatic nitrogens is 1. The highest BCUT2D eigenvalue weighted by Gasteiger charge is 2.42. The summed E-state index contributed by atoms with van der Waals surface area (Å²) in [6, 6.07) is 8.91. The van der Waals surface area contributed by atoms with Gasteiger partial charge < -0.3 is 14.0 Å². The number of benzene rings is 1. The van der Waals surface area contributed by atoms with Crippen molar-refractivity contribution >= 4 is 22.6 Å². The van der Waals surface area contributed by atoms with Gasteiger partial charge in [0.1, 0.15) is 5.75 Å². The van der Waals surface area contributed by atoms with Crippen LogP contribution in [0.5, 0.6) is 5.75 Å².